The number of ether oxygens (including phenoxy) is 1. The number of aliphatic hydroxyl groups is 1. The summed E-state index contributed by atoms with van der Waals surface area (Å²) in [6.07, 6.45) is 0.426. The van der Waals surface area contributed by atoms with Crippen LogP contribution in [0.5, 0.6) is 0 Å². The Hall–Kier alpha value is -1.90. The molecule has 1 aromatic rings. The summed E-state index contributed by atoms with van der Waals surface area (Å²) in [6.45, 7) is 4.48. The van der Waals surface area contributed by atoms with Crippen LogP contribution in [0.1, 0.15) is 36.2 Å². The van der Waals surface area contributed by atoms with Crippen molar-refractivity contribution in [2.24, 2.45) is 0 Å². The topological polar surface area (TPSA) is 58.6 Å². The number of rotatable bonds is 6. The minimum atomic E-state index is -0.618. The third-order valence-corrected chi connectivity index (χ3v) is 2.52. The molecule has 0 fully saturated rings. The number of amides is 1. The predicted octanol–water partition coefficient (Wildman–Crippen LogP) is 1.71. The Bertz CT molecular complexity index is 532. The van der Waals surface area contributed by atoms with Gasteiger partial charge in [-0.1, -0.05) is 11.8 Å². The van der Waals surface area contributed by atoms with E-state index in [4.69, 9.17) is 9.84 Å². The first-order valence-corrected chi connectivity index (χ1v) is 6.83. The molecule has 1 amide bonds. The quantitative estimate of drug-likeness (QED) is 0.620. The fraction of sp³-hybridized carbons (Fsp3) is 0.438. The van der Waals surface area contributed by atoms with Crippen LogP contribution in [0, 0.1) is 17.7 Å². The molecule has 2 N–H and O–H groups in total. The second-order valence-corrected chi connectivity index (χ2v) is 4.65. The van der Waals surface area contributed by atoms with E-state index >= 15 is 0 Å². The van der Waals surface area contributed by atoms with Crippen molar-refractivity contribution in [3.8, 4) is 11.8 Å². The Morgan fingerprint density at radius 2 is 2.24 bits per heavy atom. The highest BCUT2D eigenvalue weighted by Gasteiger charge is 2.11. The summed E-state index contributed by atoms with van der Waals surface area (Å²) < 4.78 is 19.1. The van der Waals surface area contributed by atoms with Gasteiger partial charge in [0, 0.05) is 18.5 Å². The third kappa shape index (κ3) is 6.39. The van der Waals surface area contributed by atoms with Crippen LogP contribution in [0.15, 0.2) is 18.2 Å². The summed E-state index contributed by atoms with van der Waals surface area (Å²) in [6, 6.07) is 4.19. The standard InChI is InChI=1S/C16H20FNO3/c1-12(2)21-10-8-18-16(20)14-7-6-13(11-15(14)17)5-3-4-9-19/h6-7,11-12,19H,4,8-10H2,1-2H3,(H,18,20). The van der Waals surface area contributed by atoms with Crippen LogP contribution in [0.2, 0.25) is 0 Å². The average Bonchev–Trinajstić information content (AvgIpc) is 2.43. The summed E-state index contributed by atoms with van der Waals surface area (Å²) in [4.78, 5) is 11.8. The van der Waals surface area contributed by atoms with E-state index in [0.717, 1.165) is 0 Å². The van der Waals surface area contributed by atoms with Crippen LogP contribution in [0.3, 0.4) is 0 Å². The number of hydrogen-bond acceptors (Lipinski definition) is 3. The number of halogens is 1. The normalized spacial score (nSPS) is 10.1. The van der Waals surface area contributed by atoms with E-state index in [2.05, 4.69) is 17.2 Å². The Kier molecular flexibility index (Phi) is 7.44. The number of aliphatic hydroxyl groups excluding tert-OH is 1. The van der Waals surface area contributed by atoms with Crippen LogP contribution >= 0.6 is 0 Å². The molecule has 0 heterocycles. The molecule has 0 aromatic heterocycles. The number of hydrogen-bond donors (Lipinski definition) is 2. The van der Waals surface area contributed by atoms with Gasteiger partial charge in [-0.15, -0.1) is 0 Å². The van der Waals surface area contributed by atoms with Gasteiger partial charge in [-0.2, -0.15) is 0 Å². The number of nitrogens with one attached hydrogen (secondary N) is 1. The Morgan fingerprint density at radius 3 is 2.86 bits per heavy atom. The zero-order valence-electron chi connectivity index (χ0n) is 12.3. The molecule has 1 aromatic carbocycles. The lowest BCUT2D eigenvalue weighted by atomic mass is 10.1. The first kappa shape index (κ1) is 17.2. The molecule has 0 radical (unpaired) electrons. The molecular weight excluding hydrogens is 273 g/mol. The van der Waals surface area contributed by atoms with Gasteiger partial charge in [-0.05, 0) is 32.0 Å². The fourth-order valence-corrected chi connectivity index (χ4v) is 1.55. The summed E-state index contributed by atoms with van der Waals surface area (Å²) >= 11 is 0. The maximum atomic E-state index is 13.8. The van der Waals surface area contributed by atoms with E-state index in [9.17, 15) is 9.18 Å². The monoisotopic (exact) mass is 293 g/mol. The van der Waals surface area contributed by atoms with Gasteiger partial charge < -0.3 is 15.2 Å². The lowest BCUT2D eigenvalue weighted by Gasteiger charge is -2.09. The molecule has 0 aliphatic heterocycles. The Labute approximate surface area is 124 Å². The molecule has 0 saturated heterocycles. The van der Waals surface area contributed by atoms with E-state index < -0.39 is 11.7 Å². The van der Waals surface area contributed by atoms with Crippen LogP contribution in [-0.2, 0) is 4.74 Å². The van der Waals surface area contributed by atoms with Crippen LogP contribution < -0.4 is 5.32 Å². The van der Waals surface area contributed by atoms with Gasteiger partial charge in [0.05, 0.1) is 24.9 Å². The number of benzene rings is 1. The highest BCUT2D eigenvalue weighted by atomic mass is 19.1. The third-order valence-electron chi connectivity index (χ3n) is 2.52. The lowest BCUT2D eigenvalue weighted by molar-refractivity contribution is 0.0745. The Morgan fingerprint density at radius 1 is 1.48 bits per heavy atom. The summed E-state index contributed by atoms with van der Waals surface area (Å²) in [7, 11) is 0. The Balaban J connectivity index is 2.59. The molecule has 0 bridgehead atoms. The fourth-order valence-electron chi connectivity index (χ4n) is 1.55. The molecule has 0 spiro atoms. The van der Waals surface area contributed by atoms with Crippen LogP contribution in [-0.4, -0.2) is 36.9 Å². The second-order valence-electron chi connectivity index (χ2n) is 4.65. The molecule has 0 unspecified atom stereocenters. The molecule has 0 saturated carbocycles. The van der Waals surface area contributed by atoms with Gasteiger partial charge in [-0.3, -0.25) is 4.79 Å². The first-order valence-electron chi connectivity index (χ1n) is 6.83. The number of carbonyl (C=O) groups is 1. The first-order chi connectivity index (χ1) is 10.0. The van der Waals surface area contributed by atoms with Crippen molar-refractivity contribution in [2.75, 3.05) is 19.8 Å². The van der Waals surface area contributed by atoms with E-state index in [1.54, 1.807) is 6.07 Å². The maximum Gasteiger partial charge on any atom is 0.254 e. The van der Waals surface area contributed by atoms with E-state index in [0.29, 0.717) is 25.1 Å². The summed E-state index contributed by atoms with van der Waals surface area (Å²) in [5.41, 5.74) is 0.452. The van der Waals surface area contributed by atoms with Crippen molar-refractivity contribution < 1.29 is 19.0 Å². The van der Waals surface area contributed by atoms with Gasteiger partial charge in [0.15, 0.2) is 0 Å². The highest BCUT2D eigenvalue weighted by molar-refractivity contribution is 5.94. The minimum Gasteiger partial charge on any atom is -0.395 e. The highest BCUT2D eigenvalue weighted by Crippen LogP contribution is 2.10. The predicted molar refractivity (Wildman–Crippen MR) is 78.4 cm³/mol. The molecule has 0 aliphatic rings. The zero-order valence-corrected chi connectivity index (χ0v) is 12.3. The SMILES string of the molecule is CC(C)OCCNC(=O)c1ccc(C#CCCO)cc1F. The number of carbonyl (C=O) groups excluding carboxylic acids is 1. The van der Waals surface area contributed by atoms with Gasteiger partial charge in [0.25, 0.3) is 5.91 Å². The van der Waals surface area contributed by atoms with Gasteiger partial charge >= 0.3 is 0 Å². The van der Waals surface area contributed by atoms with E-state index in [1.807, 2.05) is 13.8 Å². The van der Waals surface area contributed by atoms with E-state index in [1.165, 1.54) is 12.1 Å². The van der Waals surface area contributed by atoms with Crippen molar-refractivity contribution in [1.82, 2.24) is 5.32 Å². The van der Waals surface area contributed by atoms with E-state index in [-0.39, 0.29) is 18.3 Å². The molecular formula is C16H20FNO3. The molecule has 5 heteroatoms. The average molecular weight is 293 g/mol. The van der Waals surface area contributed by atoms with Gasteiger partial charge in [-0.25, -0.2) is 4.39 Å². The van der Waals surface area contributed by atoms with Crippen molar-refractivity contribution in [1.29, 1.82) is 0 Å². The molecule has 0 atom stereocenters. The summed E-state index contributed by atoms with van der Waals surface area (Å²) in [5, 5.41) is 11.2. The van der Waals surface area contributed by atoms with Crippen LogP contribution in [0.4, 0.5) is 4.39 Å². The minimum absolute atomic E-state index is 0.0211. The summed E-state index contributed by atoms with van der Waals surface area (Å²) in [5.74, 6) is 4.32. The lowest BCUT2D eigenvalue weighted by Crippen LogP contribution is -2.28. The van der Waals surface area contributed by atoms with Crippen molar-refractivity contribution >= 4 is 5.91 Å². The molecule has 114 valence electrons. The largest absolute Gasteiger partial charge is 0.395 e. The molecule has 21 heavy (non-hydrogen) atoms. The molecule has 0 aliphatic carbocycles. The van der Waals surface area contributed by atoms with Gasteiger partial charge in [0.2, 0.25) is 0 Å². The van der Waals surface area contributed by atoms with Crippen molar-refractivity contribution in [3.05, 3.63) is 35.1 Å². The maximum absolute atomic E-state index is 13.8. The van der Waals surface area contributed by atoms with Crippen molar-refractivity contribution in [3.63, 3.8) is 0 Å². The zero-order chi connectivity index (χ0) is 15.7. The molecule has 4 nitrogen and oxygen atoms in total. The van der Waals surface area contributed by atoms with Crippen molar-refractivity contribution in [2.45, 2.75) is 26.4 Å². The molecule has 1 rings (SSSR count). The smallest absolute Gasteiger partial charge is 0.254 e. The van der Waals surface area contributed by atoms with Crippen LogP contribution in [0.25, 0.3) is 0 Å². The van der Waals surface area contributed by atoms with Gasteiger partial charge in [0.1, 0.15) is 5.82 Å². The second kappa shape index (κ2) is 9.11.